The number of aromatic nitrogens is 4. The van der Waals surface area contributed by atoms with Crippen molar-refractivity contribution in [2.24, 2.45) is 0 Å². The summed E-state index contributed by atoms with van der Waals surface area (Å²) >= 11 is 0. The molecule has 45 heavy (non-hydrogen) atoms. The van der Waals surface area contributed by atoms with E-state index < -0.39 is 24.2 Å². The van der Waals surface area contributed by atoms with E-state index in [-0.39, 0.29) is 23.0 Å². The molecule has 4 rings (SSSR count). The quantitative estimate of drug-likeness (QED) is 0.210. The van der Waals surface area contributed by atoms with Gasteiger partial charge >= 0.3 is 12.1 Å². The van der Waals surface area contributed by atoms with Gasteiger partial charge in [0.2, 0.25) is 0 Å². The first kappa shape index (κ1) is 33.3. The lowest BCUT2D eigenvalue weighted by Gasteiger charge is -2.24. The average Bonchev–Trinajstić information content (AvgIpc) is 3.69. The molecule has 0 spiro atoms. The Labute approximate surface area is 258 Å². The number of nitrogens with one attached hydrogen (secondary N) is 1. The van der Waals surface area contributed by atoms with E-state index in [1.807, 2.05) is 21.9 Å². The molecule has 11 nitrogen and oxygen atoms in total. The first-order chi connectivity index (χ1) is 21.3. The van der Waals surface area contributed by atoms with Crippen LogP contribution in [0, 0.1) is 0 Å². The summed E-state index contributed by atoms with van der Waals surface area (Å²) in [5, 5.41) is 6.29. The molecular formula is C31H37F3N6O5. The minimum atomic E-state index is -4.57. The number of hydrogen-bond acceptors (Lipinski definition) is 8. The minimum Gasteiger partial charge on any atom is -0.496 e. The predicted octanol–water partition coefficient (Wildman–Crippen LogP) is 4.79. The van der Waals surface area contributed by atoms with Crippen molar-refractivity contribution in [2.75, 3.05) is 47.0 Å². The van der Waals surface area contributed by atoms with Gasteiger partial charge in [-0.3, -0.25) is 13.9 Å². The van der Waals surface area contributed by atoms with Crippen LogP contribution in [0.1, 0.15) is 38.1 Å². The molecule has 3 heterocycles. The zero-order valence-electron chi connectivity index (χ0n) is 26.1. The standard InChI is InChI=1S/C31H37F3N6O5/c1-7-38(8-2)11-12-45-29(42)30(3,4)40-18-22(16-37-40)20-9-10-39-23(17-35-26(39)15-20)21-13-24(43-5)27(25(14-21)44-6)28(41)36-19-31(32,33)34/h9-10,13-18H,7-8,11-12,19H2,1-6H3,(H,36,41). The lowest BCUT2D eigenvalue weighted by atomic mass is 10.1. The highest BCUT2D eigenvalue weighted by Crippen LogP contribution is 2.36. The van der Waals surface area contributed by atoms with Crippen molar-refractivity contribution >= 4 is 17.5 Å². The van der Waals surface area contributed by atoms with Gasteiger partial charge in [-0.2, -0.15) is 18.3 Å². The number of alkyl halides is 3. The number of hydrogen-bond donors (Lipinski definition) is 1. The summed E-state index contributed by atoms with van der Waals surface area (Å²) in [5.41, 5.74) is 2.17. The van der Waals surface area contributed by atoms with Crippen LogP contribution in [0.4, 0.5) is 13.2 Å². The highest BCUT2D eigenvalue weighted by Gasteiger charge is 2.33. The Morgan fingerprint density at radius 3 is 2.24 bits per heavy atom. The number of pyridine rings is 1. The topological polar surface area (TPSA) is 112 Å². The molecule has 0 aliphatic heterocycles. The molecule has 1 amide bonds. The molecule has 0 unspecified atom stereocenters. The fourth-order valence-electron chi connectivity index (χ4n) is 4.78. The second kappa shape index (κ2) is 13.6. The minimum absolute atomic E-state index is 0.0391. The van der Waals surface area contributed by atoms with Gasteiger partial charge in [0.15, 0.2) is 5.54 Å². The van der Waals surface area contributed by atoms with Crippen LogP contribution in [0.5, 0.6) is 11.5 Å². The first-order valence-electron chi connectivity index (χ1n) is 14.4. The monoisotopic (exact) mass is 630 g/mol. The van der Waals surface area contributed by atoms with Crippen LogP contribution < -0.4 is 14.8 Å². The molecule has 0 fully saturated rings. The number of esters is 1. The van der Waals surface area contributed by atoms with Crippen LogP contribution in [0.2, 0.25) is 0 Å². The lowest BCUT2D eigenvalue weighted by molar-refractivity contribution is -0.153. The normalized spacial score (nSPS) is 12.0. The predicted molar refractivity (Wildman–Crippen MR) is 161 cm³/mol. The van der Waals surface area contributed by atoms with E-state index in [9.17, 15) is 22.8 Å². The lowest BCUT2D eigenvalue weighted by Crippen LogP contribution is -2.39. The van der Waals surface area contributed by atoms with E-state index in [0.717, 1.165) is 24.2 Å². The highest BCUT2D eigenvalue weighted by atomic mass is 19.4. The number of imidazole rings is 1. The number of ether oxygens (including phenoxy) is 3. The van der Waals surface area contributed by atoms with Crippen molar-refractivity contribution in [1.82, 2.24) is 29.4 Å². The first-order valence-corrected chi connectivity index (χ1v) is 14.4. The van der Waals surface area contributed by atoms with Crippen molar-refractivity contribution in [1.29, 1.82) is 0 Å². The van der Waals surface area contributed by atoms with Crippen molar-refractivity contribution < 1.29 is 37.0 Å². The number of benzene rings is 1. The number of amides is 1. The van der Waals surface area contributed by atoms with Gasteiger partial charge in [-0.15, -0.1) is 0 Å². The van der Waals surface area contributed by atoms with Gasteiger partial charge in [0.05, 0.1) is 32.3 Å². The number of nitrogens with zero attached hydrogens (tertiary/aromatic N) is 5. The second-order valence-corrected chi connectivity index (χ2v) is 10.7. The number of halogens is 3. The summed E-state index contributed by atoms with van der Waals surface area (Å²) in [5.74, 6) is -1.28. The number of fused-ring (bicyclic) bond motifs is 1. The second-order valence-electron chi connectivity index (χ2n) is 10.7. The number of methoxy groups -OCH3 is 2. The molecule has 0 aliphatic rings. The molecule has 0 radical (unpaired) electrons. The van der Waals surface area contributed by atoms with Gasteiger partial charge < -0.3 is 24.4 Å². The van der Waals surface area contributed by atoms with Gasteiger partial charge in [-0.25, -0.2) is 9.78 Å². The van der Waals surface area contributed by atoms with Gasteiger partial charge in [0.25, 0.3) is 5.91 Å². The largest absolute Gasteiger partial charge is 0.496 e. The molecule has 1 N–H and O–H groups in total. The molecule has 0 aliphatic carbocycles. The number of rotatable bonds is 13. The Morgan fingerprint density at radius 2 is 1.64 bits per heavy atom. The molecule has 1 aromatic carbocycles. The summed E-state index contributed by atoms with van der Waals surface area (Å²) in [6.45, 7) is 8.84. The Kier molecular flexibility index (Phi) is 10.1. The average molecular weight is 631 g/mol. The fourth-order valence-corrected chi connectivity index (χ4v) is 4.78. The van der Waals surface area contributed by atoms with Crippen molar-refractivity contribution in [3.05, 3.63) is 54.6 Å². The Bertz CT molecular complexity index is 1630. The van der Waals surface area contributed by atoms with Gasteiger partial charge in [-0.05, 0) is 56.8 Å². The Morgan fingerprint density at radius 1 is 0.978 bits per heavy atom. The fraction of sp³-hybridized carbons (Fsp3) is 0.419. The van der Waals surface area contributed by atoms with Crippen LogP contribution in [-0.2, 0) is 15.1 Å². The van der Waals surface area contributed by atoms with E-state index in [0.29, 0.717) is 30.1 Å². The van der Waals surface area contributed by atoms with E-state index in [4.69, 9.17) is 14.2 Å². The van der Waals surface area contributed by atoms with E-state index in [2.05, 4.69) is 28.8 Å². The van der Waals surface area contributed by atoms with Crippen LogP contribution in [0.3, 0.4) is 0 Å². The maximum Gasteiger partial charge on any atom is 0.405 e. The molecule has 14 heteroatoms. The molecule has 0 saturated heterocycles. The summed E-state index contributed by atoms with van der Waals surface area (Å²) in [7, 11) is 2.63. The maximum absolute atomic E-state index is 12.9. The van der Waals surface area contributed by atoms with Gasteiger partial charge in [0.1, 0.15) is 35.9 Å². The molecular weight excluding hydrogens is 593 g/mol. The Hall–Kier alpha value is -4.59. The van der Waals surface area contributed by atoms with Crippen LogP contribution in [0.15, 0.2) is 49.1 Å². The van der Waals surface area contributed by atoms with Crippen molar-refractivity contribution in [2.45, 2.75) is 39.4 Å². The number of carbonyl (C=O) groups is 2. The smallest absolute Gasteiger partial charge is 0.405 e. The molecule has 0 atom stereocenters. The SMILES string of the molecule is CCN(CC)CCOC(=O)C(C)(C)n1cc(-c2ccn3c(-c4cc(OC)c(C(=O)NCC(F)(F)F)c(OC)c4)cnc3c2)cn1. The van der Waals surface area contributed by atoms with E-state index >= 15 is 0 Å². The third-order valence-electron chi connectivity index (χ3n) is 7.51. The van der Waals surface area contributed by atoms with Crippen molar-refractivity contribution in [3.8, 4) is 33.9 Å². The van der Waals surface area contributed by atoms with Crippen molar-refractivity contribution in [3.63, 3.8) is 0 Å². The summed E-state index contributed by atoms with van der Waals surface area (Å²) < 4.78 is 57.7. The number of carbonyl (C=O) groups excluding carboxylic acids is 2. The molecule has 242 valence electrons. The van der Waals surface area contributed by atoms with Gasteiger partial charge in [-0.1, -0.05) is 13.8 Å². The van der Waals surface area contributed by atoms with Crippen LogP contribution in [-0.4, -0.2) is 89.1 Å². The highest BCUT2D eigenvalue weighted by molar-refractivity contribution is 6.00. The maximum atomic E-state index is 12.9. The molecule has 0 saturated carbocycles. The number of likely N-dealkylation sites (N-methyl/N-ethyl adjacent to an activating group) is 1. The summed E-state index contributed by atoms with van der Waals surface area (Å²) in [6, 6.07) is 6.79. The summed E-state index contributed by atoms with van der Waals surface area (Å²) in [6.07, 6.45) is 2.30. The van der Waals surface area contributed by atoms with Gasteiger partial charge in [0, 0.05) is 30.1 Å². The molecule has 4 aromatic rings. The zero-order chi connectivity index (χ0) is 32.9. The molecule has 3 aromatic heterocycles. The van der Waals surface area contributed by atoms with Crippen LogP contribution >= 0.6 is 0 Å². The Balaban J connectivity index is 1.57. The third kappa shape index (κ3) is 7.39. The summed E-state index contributed by atoms with van der Waals surface area (Å²) in [4.78, 5) is 32.2. The van der Waals surface area contributed by atoms with E-state index in [1.54, 1.807) is 43.3 Å². The third-order valence-corrected chi connectivity index (χ3v) is 7.51. The zero-order valence-corrected chi connectivity index (χ0v) is 26.1. The molecule has 0 bridgehead atoms. The van der Waals surface area contributed by atoms with Crippen LogP contribution in [0.25, 0.3) is 28.0 Å². The van der Waals surface area contributed by atoms with E-state index in [1.165, 1.54) is 26.4 Å².